The standard InChI is InChI=1S/C18H23N3/c1-14(21-11-3-2-4-12-21)15-5-7-16(8-6-15)18-13-17(19)9-10-20-18/h5-10,13-14H,2-4,11-12H2,1H3,(H2,19,20)/t14-/m0/s1. The van der Waals surface area contributed by atoms with Crippen LogP contribution in [0.3, 0.4) is 0 Å². The first-order chi connectivity index (χ1) is 10.2. The van der Waals surface area contributed by atoms with Gasteiger partial charge in [-0.1, -0.05) is 30.7 Å². The van der Waals surface area contributed by atoms with Crippen LogP contribution < -0.4 is 5.73 Å². The van der Waals surface area contributed by atoms with Crippen LogP contribution in [0.4, 0.5) is 5.69 Å². The average molecular weight is 281 g/mol. The van der Waals surface area contributed by atoms with Crippen molar-refractivity contribution in [2.45, 2.75) is 32.2 Å². The highest BCUT2D eigenvalue weighted by Crippen LogP contribution is 2.26. The number of nitrogens with zero attached hydrogens (tertiary/aromatic N) is 2. The zero-order valence-corrected chi connectivity index (χ0v) is 12.6. The Morgan fingerprint density at radius 1 is 1.05 bits per heavy atom. The molecule has 1 aromatic carbocycles. The summed E-state index contributed by atoms with van der Waals surface area (Å²) in [4.78, 5) is 6.96. The molecule has 3 rings (SSSR count). The van der Waals surface area contributed by atoms with Crippen LogP contribution in [0.5, 0.6) is 0 Å². The van der Waals surface area contributed by atoms with Crippen LogP contribution in [-0.2, 0) is 0 Å². The summed E-state index contributed by atoms with van der Waals surface area (Å²) in [6, 6.07) is 13.0. The maximum Gasteiger partial charge on any atom is 0.0722 e. The number of hydrogen-bond acceptors (Lipinski definition) is 3. The molecule has 1 fully saturated rings. The minimum absolute atomic E-state index is 0.494. The largest absolute Gasteiger partial charge is 0.399 e. The Morgan fingerprint density at radius 2 is 1.76 bits per heavy atom. The number of hydrogen-bond donors (Lipinski definition) is 1. The fourth-order valence-electron chi connectivity index (χ4n) is 3.05. The van der Waals surface area contributed by atoms with Crippen molar-refractivity contribution < 1.29 is 0 Å². The third-order valence-corrected chi connectivity index (χ3v) is 4.41. The fourth-order valence-corrected chi connectivity index (χ4v) is 3.05. The molecule has 110 valence electrons. The lowest BCUT2D eigenvalue weighted by Crippen LogP contribution is -2.32. The van der Waals surface area contributed by atoms with Gasteiger partial charge >= 0.3 is 0 Å². The van der Waals surface area contributed by atoms with E-state index in [1.165, 1.54) is 37.9 Å². The minimum Gasteiger partial charge on any atom is -0.399 e. The number of nitrogen functional groups attached to an aromatic ring is 1. The van der Waals surface area contributed by atoms with E-state index in [0.717, 1.165) is 16.9 Å². The Kier molecular flexibility index (Phi) is 4.20. The van der Waals surface area contributed by atoms with E-state index in [2.05, 4.69) is 41.1 Å². The molecule has 1 aromatic heterocycles. The SMILES string of the molecule is C[C@@H](c1ccc(-c2cc(N)ccn2)cc1)N1CCCCC1. The maximum absolute atomic E-state index is 5.82. The van der Waals surface area contributed by atoms with E-state index in [9.17, 15) is 0 Å². The molecule has 1 saturated heterocycles. The number of anilines is 1. The van der Waals surface area contributed by atoms with Gasteiger partial charge in [-0.15, -0.1) is 0 Å². The highest BCUT2D eigenvalue weighted by Gasteiger charge is 2.17. The van der Waals surface area contributed by atoms with Crippen LogP contribution in [0.1, 0.15) is 37.8 Å². The highest BCUT2D eigenvalue weighted by atomic mass is 15.2. The molecule has 0 spiro atoms. The van der Waals surface area contributed by atoms with Crippen LogP contribution in [0.2, 0.25) is 0 Å². The third kappa shape index (κ3) is 3.24. The molecule has 3 nitrogen and oxygen atoms in total. The van der Waals surface area contributed by atoms with Crippen LogP contribution >= 0.6 is 0 Å². The minimum atomic E-state index is 0.494. The monoisotopic (exact) mass is 281 g/mol. The summed E-state index contributed by atoms with van der Waals surface area (Å²) in [7, 11) is 0. The van der Waals surface area contributed by atoms with Gasteiger partial charge in [-0.25, -0.2) is 0 Å². The second-order valence-corrected chi connectivity index (χ2v) is 5.87. The van der Waals surface area contributed by atoms with Crippen LogP contribution in [-0.4, -0.2) is 23.0 Å². The van der Waals surface area contributed by atoms with Gasteiger partial charge in [0, 0.05) is 23.5 Å². The van der Waals surface area contributed by atoms with Crippen molar-refractivity contribution >= 4 is 5.69 Å². The van der Waals surface area contributed by atoms with E-state index in [4.69, 9.17) is 5.73 Å². The first-order valence-corrected chi connectivity index (χ1v) is 7.80. The molecular formula is C18H23N3. The van der Waals surface area contributed by atoms with Gasteiger partial charge in [0.05, 0.1) is 5.69 Å². The number of piperidine rings is 1. The molecule has 0 bridgehead atoms. The molecule has 21 heavy (non-hydrogen) atoms. The Morgan fingerprint density at radius 3 is 2.43 bits per heavy atom. The second kappa shape index (κ2) is 6.27. The normalized spacial score (nSPS) is 17.6. The number of nitrogens with two attached hydrogens (primary N) is 1. The fraction of sp³-hybridized carbons (Fsp3) is 0.389. The van der Waals surface area contributed by atoms with Gasteiger partial charge in [0.25, 0.3) is 0 Å². The van der Waals surface area contributed by atoms with E-state index >= 15 is 0 Å². The topological polar surface area (TPSA) is 42.1 Å². The number of rotatable bonds is 3. The molecule has 1 aliphatic heterocycles. The van der Waals surface area contributed by atoms with Crippen molar-refractivity contribution in [3.63, 3.8) is 0 Å². The smallest absolute Gasteiger partial charge is 0.0722 e. The second-order valence-electron chi connectivity index (χ2n) is 5.87. The van der Waals surface area contributed by atoms with Crippen LogP contribution in [0.25, 0.3) is 11.3 Å². The molecule has 0 aliphatic carbocycles. The molecule has 3 heteroatoms. The summed E-state index contributed by atoms with van der Waals surface area (Å²) >= 11 is 0. The van der Waals surface area contributed by atoms with Crippen molar-refractivity contribution in [3.8, 4) is 11.3 Å². The van der Waals surface area contributed by atoms with Crippen LogP contribution in [0, 0.1) is 0 Å². The predicted octanol–water partition coefficient (Wildman–Crippen LogP) is 3.88. The molecule has 0 amide bonds. The summed E-state index contributed by atoms with van der Waals surface area (Å²) in [5.41, 5.74) is 10.0. The predicted molar refractivity (Wildman–Crippen MR) is 87.9 cm³/mol. The van der Waals surface area contributed by atoms with Gasteiger partial charge in [-0.05, 0) is 50.6 Å². The summed E-state index contributed by atoms with van der Waals surface area (Å²) in [6.45, 7) is 4.75. The first kappa shape index (κ1) is 14.1. The summed E-state index contributed by atoms with van der Waals surface area (Å²) < 4.78 is 0. The van der Waals surface area contributed by atoms with Crippen molar-refractivity contribution in [3.05, 3.63) is 48.2 Å². The van der Waals surface area contributed by atoms with Crippen molar-refractivity contribution in [1.82, 2.24) is 9.88 Å². The zero-order chi connectivity index (χ0) is 14.7. The molecule has 1 aliphatic rings. The Bertz CT molecular complexity index is 586. The number of aromatic nitrogens is 1. The molecule has 2 N–H and O–H groups in total. The first-order valence-electron chi connectivity index (χ1n) is 7.80. The van der Waals surface area contributed by atoms with Crippen molar-refractivity contribution in [2.24, 2.45) is 0 Å². The molecule has 0 radical (unpaired) electrons. The van der Waals surface area contributed by atoms with Gasteiger partial charge in [-0.3, -0.25) is 9.88 Å². The lowest BCUT2D eigenvalue weighted by atomic mass is 10.0. The Labute approximate surface area is 126 Å². The lowest BCUT2D eigenvalue weighted by molar-refractivity contribution is 0.175. The van der Waals surface area contributed by atoms with Gasteiger partial charge < -0.3 is 5.73 Å². The van der Waals surface area contributed by atoms with E-state index in [0.29, 0.717) is 6.04 Å². The van der Waals surface area contributed by atoms with Crippen LogP contribution in [0.15, 0.2) is 42.6 Å². The zero-order valence-electron chi connectivity index (χ0n) is 12.6. The highest BCUT2D eigenvalue weighted by molar-refractivity contribution is 5.63. The summed E-state index contributed by atoms with van der Waals surface area (Å²) in [5, 5.41) is 0. The molecule has 0 saturated carbocycles. The van der Waals surface area contributed by atoms with E-state index < -0.39 is 0 Å². The summed E-state index contributed by atoms with van der Waals surface area (Å²) in [6.07, 6.45) is 5.80. The molecule has 2 heterocycles. The number of benzene rings is 1. The molecular weight excluding hydrogens is 258 g/mol. The molecule has 0 unspecified atom stereocenters. The maximum atomic E-state index is 5.82. The van der Waals surface area contributed by atoms with Gasteiger partial charge in [-0.2, -0.15) is 0 Å². The van der Waals surface area contributed by atoms with E-state index in [-0.39, 0.29) is 0 Å². The lowest BCUT2D eigenvalue weighted by Gasteiger charge is -2.32. The third-order valence-electron chi connectivity index (χ3n) is 4.41. The van der Waals surface area contributed by atoms with E-state index in [1.54, 1.807) is 6.20 Å². The van der Waals surface area contributed by atoms with Crippen molar-refractivity contribution in [1.29, 1.82) is 0 Å². The average Bonchev–Trinajstić information content (AvgIpc) is 2.55. The Hall–Kier alpha value is -1.87. The molecule has 2 aromatic rings. The van der Waals surface area contributed by atoms with Gasteiger partial charge in [0.1, 0.15) is 0 Å². The summed E-state index contributed by atoms with van der Waals surface area (Å²) in [5.74, 6) is 0. The number of pyridine rings is 1. The Balaban J connectivity index is 1.77. The van der Waals surface area contributed by atoms with Crippen molar-refractivity contribution in [2.75, 3.05) is 18.8 Å². The van der Waals surface area contributed by atoms with Gasteiger partial charge in [0.15, 0.2) is 0 Å². The molecule has 1 atom stereocenters. The van der Waals surface area contributed by atoms with E-state index in [1.807, 2.05) is 12.1 Å². The quantitative estimate of drug-likeness (QED) is 0.928. The van der Waals surface area contributed by atoms with Gasteiger partial charge in [0.2, 0.25) is 0 Å². The number of likely N-dealkylation sites (tertiary alicyclic amines) is 1.